The van der Waals surface area contributed by atoms with Crippen LogP contribution in [0.15, 0.2) is 59.5 Å². The van der Waals surface area contributed by atoms with E-state index in [1.807, 2.05) is 54.6 Å². The van der Waals surface area contributed by atoms with Crippen molar-refractivity contribution in [1.29, 1.82) is 0 Å². The Morgan fingerprint density at radius 1 is 1.00 bits per heavy atom. The van der Waals surface area contributed by atoms with Gasteiger partial charge >= 0.3 is 0 Å². The molecule has 0 aliphatic rings. The zero-order valence-electron chi connectivity index (χ0n) is 10.0. The maximum Gasteiger partial charge on any atom is 0.159 e. The molecule has 0 saturated carbocycles. The molecule has 88 valence electrons. The molecule has 0 radical (unpaired) electrons. The summed E-state index contributed by atoms with van der Waals surface area (Å²) in [4.78, 5) is 12.2. The number of hydrogen-bond donors (Lipinski definition) is 0. The van der Waals surface area contributed by atoms with E-state index in [9.17, 15) is 4.79 Å². The Labute approximate surface area is 111 Å². The summed E-state index contributed by atoms with van der Waals surface area (Å²) in [5, 5.41) is 3.05. The highest BCUT2D eigenvalue weighted by molar-refractivity contribution is 8.03. The molecule has 2 aromatic rings. The van der Waals surface area contributed by atoms with Crippen LogP contribution in [-0.2, 0) is 0 Å². The van der Waals surface area contributed by atoms with Gasteiger partial charge in [-0.1, -0.05) is 36.3 Å². The van der Waals surface area contributed by atoms with Gasteiger partial charge in [-0.2, -0.15) is 0 Å². The zero-order chi connectivity index (χ0) is 12.8. The van der Waals surface area contributed by atoms with E-state index in [4.69, 9.17) is 0 Å². The first-order chi connectivity index (χ1) is 8.75. The number of Topliss-reactive ketones (excluding diaryl/α,β-unsaturated/α-hetero) is 1. The Hall–Kier alpha value is -1.98. The number of hydrogen-bond acceptors (Lipinski definition) is 2. The van der Waals surface area contributed by atoms with Crippen molar-refractivity contribution >= 4 is 17.5 Å². The van der Waals surface area contributed by atoms with Crippen LogP contribution in [-0.4, -0.2) is 5.78 Å². The van der Waals surface area contributed by atoms with E-state index >= 15 is 0 Å². The Morgan fingerprint density at radius 2 is 1.67 bits per heavy atom. The zero-order valence-corrected chi connectivity index (χ0v) is 10.8. The molecule has 0 fully saturated rings. The van der Waals surface area contributed by atoms with Crippen LogP contribution < -0.4 is 0 Å². The predicted octanol–water partition coefficient (Wildman–Crippen LogP) is 3.99. The second kappa shape index (κ2) is 6.09. The van der Waals surface area contributed by atoms with Gasteiger partial charge in [-0.25, -0.2) is 0 Å². The number of benzene rings is 2. The van der Waals surface area contributed by atoms with Gasteiger partial charge in [-0.05, 0) is 48.2 Å². The van der Waals surface area contributed by atoms with Gasteiger partial charge < -0.3 is 0 Å². The van der Waals surface area contributed by atoms with Gasteiger partial charge in [0.1, 0.15) is 0 Å². The maximum atomic E-state index is 11.1. The lowest BCUT2D eigenvalue weighted by molar-refractivity contribution is 0.101. The monoisotopic (exact) mass is 252 g/mol. The van der Waals surface area contributed by atoms with Crippen LogP contribution >= 0.6 is 11.8 Å². The van der Waals surface area contributed by atoms with Crippen molar-refractivity contribution in [2.45, 2.75) is 11.8 Å². The van der Waals surface area contributed by atoms with E-state index in [1.54, 1.807) is 6.92 Å². The Balaban J connectivity index is 2.03. The van der Waals surface area contributed by atoms with Crippen molar-refractivity contribution in [3.63, 3.8) is 0 Å². The van der Waals surface area contributed by atoms with Crippen molar-refractivity contribution in [2.24, 2.45) is 0 Å². The average Bonchev–Trinajstić information content (AvgIpc) is 2.40. The predicted molar refractivity (Wildman–Crippen MR) is 75.6 cm³/mol. The molecule has 0 spiro atoms. The first-order valence-electron chi connectivity index (χ1n) is 5.59. The van der Waals surface area contributed by atoms with Crippen molar-refractivity contribution in [1.82, 2.24) is 0 Å². The smallest absolute Gasteiger partial charge is 0.159 e. The third-order valence-electron chi connectivity index (χ3n) is 2.40. The normalized spacial score (nSPS) is 9.39. The molecule has 1 nitrogen and oxygen atoms in total. The Morgan fingerprint density at radius 3 is 2.28 bits per heavy atom. The van der Waals surface area contributed by atoms with Crippen molar-refractivity contribution < 1.29 is 4.79 Å². The molecule has 0 aliphatic carbocycles. The lowest BCUT2D eigenvalue weighted by atomic mass is 10.2. The molecule has 0 unspecified atom stereocenters. The second-order valence-corrected chi connectivity index (χ2v) is 4.66. The highest BCUT2D eigenvalue weighted by Crippen LogP contribution is 2.17. The van der Waals surface area contributed by atoms with Gasteiger partial charge in [0, 0.05) is 16.0 Å². The topological polar surface area (TPSA) is 17.1 Å². The van der Waals surface area contributed by atoms with Crippen LogP contribution in [0.2, 0.25) is 0 Å². The summed E-state index contributed by atoms with van der Waals surface area (Å²) in [7, 11) is 0. The summed E-state index contributed by atoms with van der Waals surface area (Å²) in [6.07, 6.45) is 0. The van der Waals surface area contributed by atoms with E-state index < -0.39 is 0 Å². The van der Waals surface area contributed by atoms with E-state index in [0.29, 0.717) is 0 Å². The molecule has 0 bridgehead atoms. The fourth-order valence-corrected chi connectivity index (χ4v) is 1.98. The Kier molecular flexibility index (Phi) is 4.22. The van der Waals surface area contributed by atoms with E-state index in [-0.39, 0.29) is 5.78 Å². The van der Waals surface area contributed by atoms with Gasteiger partial charge in [0.25, 0.3) is 0 Å². The number of rotatable bonds is 2. The molecule has 2 aromatic carbocycles. The molecular weight excluding hydrogens is 240 g/mol. The van der Waals surface area contributed by atoms with Gasteiger partial charge in [-0.15, -0.1) is 0 Å². The van der Waals surface area contributed by atoms with E-state index in [1.165, 1.54) is 11.8 Å². The van der Waals surface area contributed by atoms with Gasteiger partial charge in [0.05, 0.1) is 0 Å². The van der Waals surface area contributed by atoms with Crippen LogP contribution in [0.3, 0.4) is 0 Å². The number of carbonyl (C=O) groups is 1. The van der Waals surface area contributed by atoms with Crippen molar-refractivity contribution in [2.75, 3.05) is 0 Å². The molecular formula is C16H12OS. The standard InChI is InChI=1S/C16H12OS/c1-13(17)15-7-9-16(10-8-15)18-12-11-14-5-3-2-4-6-14/h2-10H,1H3. The maximum absolute atomic E-state index is 11.1. The molecule has 0 aliphatic heterocycles. The van der Waals surface area contributed by atoms with Crippen molar-refractivity contribution in [3.05, 3.63) is 65.7 Å². The average molecular weight is 252 g/mol. The second-order valence-electron chi connectivity index (χ2n) is 3.78. The summed E-state index contributed by atoms with van der Waals surface area (Å²) >= 11 is 1.46. The van der Waals surface area contributed by atoms with Crippen LogP contribution in [0.5, 0.6) is 0 Å². The third kappa shape index (κ3) is 3.51. The van der Waals surface area contributed by atoms with E-state index in [0.717, 1.165) is 16.0 Å². The van der Waals surface area contributed by atoms with Crippen LogP contribution in [0.4, 0.5) is 0 Å². The highest BCUT2D eigenvalue weighted by atomic mass is 32.2. The number of thioether (sulfide) groups is 1. The molecule has 0 atom stereocenters. The Bertz CT molecular complexity index is 588. The van der Waals surface area contributed by atoms with Gasteiger partial charge in [-0.3, -0.25) is 4.79 Å². The fraction of sp³-hybridized carbons (Fsp3) is 0.0625. The highest BCUT2D eigenvalue weighted by Gasteiger charge is 1.98. The van der Waals surface area contributed by atoms with Crippen LogP contribution in [0.1, 0.15) is 22.8 Å². The molecule has 0 N–H and O–H groups in total. The molecule has 2 heteroatoms. The van der Waals surface area contributed by atoms with Crippen LogP contribution in [0.25, 0.3) is 0 Å². The lowest BCUT2D eigenvalue weighted by Gasteiger charge is -1.96. The fourth-order valence-electron chi connectivity index (χ4n) is 1.42. The number of ketones is 1. The lowest BCUT2D eigenvalue weighted by Crippen LogP contribution is -1.89. The summed E-state index contributed by atoms with van der Waals surface area (Å²) in [6, 6.07) is 17.4. The molecule has 0 aromatic heterocycles. The molecule has 0 saturated heterocycles. The minimum atomic E-state index is 0.0851. The third-order valence-corrected chi connectivity index (χ3v) is 3.11. The molecule has 18 heavy (non-hydrogen) atoms. The summed E-state index contributed by atoms with van der Waals surface area (Å²) in [6.45, 7) is 1.57. The molecule has 2 rings (SSSR count). The van der Waals surface area contributed by atoms with Crippen LogP contribution in [0, 0.1) is 11.2 Å². The summed E-state index contributed by atoms with van der Waals surface area (Å²) in [5.74, 6) is 3.16. The summed E-state index contributed by atoms with van der Waals surface area (Å²) in [5.41, 5.74) is 1.74. The molecule has 0 amide bonds. The first-order valence-corrected chi connectivity index (χ1v) is 6.41. The van der Waals surface area contributed by atoms with Crippen molar-refractivity contribution in [3.8, 4) is 11.2 Å². The minimum Gasteiger partial charge on any atom is -0.295 e. The summed E-state index contributed by atoms with van der Waals surface area (Å²) < 4.78 is 0. The minimum absolute atomic E-state index is 0.0851. The largest absolute Gasteiger partial charge is 0.295 e. The van der Waals surface area contributed by atoms with E-state index in [2.05, 4.69) is 11.2 Å². The first kappa shape index (κ1) is 12.5. The van der Waals surface area contributed by atoms with Gasteiger partial charge in [0.15, 0.2) is 5.78 Å². The SMILES string of the molecule is CC(=O)c1ccc(SC#Cc2ccccc2)cc1. The van der Waals surface area contributed by atoms with Gasteiger partial charge in [0.2, 0.25) is 0 Å². The number of carbonyl (C=O) groups excluding carboxylic acids is 1. The quantitative estimate of drug-likeness (QED) is 0.456. The molecule has 0 heterocycles.